The molecule has 3 amide bonds. The van der Waals surface area contributed by atoms with E-state index in [4.69, 9.17) is 14.5 Å². The number of rotatable bonds is 26. The monoisotopic (exact) mass is 829 g/mol. The van der Waals surface area contributed by atoms with Gasteiger partial charge in [0.1, 0.15) is 35.2 Å². The molecule has 0 aliphatic carbocycles. The van der Waals surface area contributed by atoms with Crippen LogP contribution in [0.5, 0.6) is 5.75 Å². The Bertz CT molecular complexity index is 1550. The van der Waals surface area contributed by atoms with Crippen LogP contribution in [-0.2, 0) is 25.5 Å². The van der Waals surface area contributed by atoms with Gasteiger partial charge in [-0.2, -0.15) is 0 Å². The summed E-state index contributed by atoms with van der Waals surface area (Å²) in [6, 6.07) is 6.05. The van der Waals surface area contributed by atoms with Crippen LogP contribution in [0.15, 0.2) is 29.6 Å². The van der Waals surface area contributed by atoms with Gasteiger partial charge in [0.2, 0.25) is 11.8 Å². The van der Waals surface area contributed by atoms with Crippen molar-refractivity contribution in [3.63, 3.8) is 0 Å². The number of thiazole rings is 1. The van der Waals surface area contributed by atoms with Gasteiger partial charge in [-0.25, -0.2) is 4.98 Å². The Morgan fingerprint density at radius 1 is 1.00 bits per heavy atom. The third-order valence-electron chi connectivity index (χ3n) is 11.2. The summed E-state index contributed by atoms with van der Waals surface area (Å²) in [6.07, 6.45) is 5.79. The summed E-state index contributed by atoms with van der Waals surface area (Å²) in [5.41, 5.74) is 1.18. The number of nitrogens with one attached hydrogen (secondary N) is 3. The van der Waals surface area contributed by atoms with E-state index < -0.39 is 30.1 Å². The van der Waals surface area contributed by atoms with Crippen LogP contribution in [0, 0.1) is 17.8 Å². The maximum absolute atomic E-state index is 14.7. The zero-order valence-corrected chi connectivity index (χ0v) is 37.4. The van der Waals surface area contributed by atoms with Gasteiger partial charge in [-0.05, 0) is 88.7 Å². The molecule has 3 rings (SSSR count). The van der Waals surface area contributed by atoms with E-state index in [2.05, 4.69) is 41.6 Å². The Hall–Kier alpha value is -3.59. The molecule has 326 valence electrons. The van der Waals surface area contributed by atoms with Gasteiger partial charge in [0.25, 0.3) is 5.91 Å². The number of likely N-dealkylation sites (N-methyl/N-ethyl adjacent to an activating group) is 2. The number of benzene rings is 1. The lowest BCUT2D eigenvalue weighted by Crippen LogP contribution is -2.58. The molecule has 4 N–H and O–H groups in total. The summed E-state index contributed by atoms with van der Waals surface area (Å²) in [6.45, 7) is 17.2. The average Bonchev–Trinajstić information content (AvgIpc) is 3.70. The highest BCUT2D eigenvalue weighted by Gasteiger charge is 2.38. The molecule has 14 heteroatoms. The molecule has 1 aromatic carbocycles. The molecule has 58 heavy (non-hydrogen) atoms. The standard InChI is InChI=1S/C44H72N6O7S/c1-10-21-50(43(53)39(30(6)12-3)48-41(52)36-15-13-14-22-49(36)9)37(29(4)5)27-38(57-23-11-2)42-47-35(28-58-42)40(51)46-33(25-31(7)44(54)55)26-32-16-18-34(19-17-32)56-24-20-45-8/h16-19,28-31,33,36-39,45H,10-15,20-27H2,1-9H3,(H,46,51)(H,48,52)(H,54,55)/t30-,31-,33+,36+,37+,38+,39-/m0/s1. The van der Waals surface area contributed by atoms with Crippen molar-refractivity contribution < 1.29 is 33.8 Å². The van der Waals surface area contributed by atoms with Gasteiger partial charge in [0.15, 0.2) is 0 Å². The first-order valence-electron chi connectivity index (χ1n) is 21.5. The largest absolute Gasteiger partial charge is 0.492 e. The van der Waals surface area contributed by atoms with Crippen LogP contribution >= 0.6 is 11.3 Å². The molecule has 1 aliphatic rings. The van der Waals surface area contributed by atoms with Crippen molar-refractivity contribution in [2.24, 2.45) is 17.8 Å². The Kier molecular flexibility index (Phi) is 21.1. The molecule has 2 heterocycles. The Morgan fingerprint density at radius 2 is 1.72 bits per heavy atom. The molecule has 7 atom stereocenters. The number of aromatic nitrogens is 1. The minimum Gasteiger partial charge on any atom is -0.492 e. The molecular formula is C44H72N6O7S. The van der Waals surface area contributed by atoms with Crippen LogP contribution in [0.3, 0.4) is 0 Å². The molecule has 0 bridgehead atoms. The smallest absolute Gasteiger partial charge is 0.306 e. The maximum atomic E-state index is 14.7. The fraction of sp³-hybridized carbons (Fsp3) is 0.705. The van der Waals surface area contributed by atoms with Crippen molar-refractivity contribution in [1.29, 1.82) is 0 Å². The van der Waals surface area contributed by atoms with Gasteiger partial charge < -0.3 is 35.4 Å². The molecule has 0 radical (unpaired) electrons. The highest BCUT2D eigenvalue weighted by Crippen LogP contribution is 2.32. The van der Waals surface area contributed by atoms with Crippen molar-refractivity contribution in [2.75, 3.05) is 46.9 Å². The number of hydrogen-bond acceptors (Lipinski definition) is 10. The summed E-state index contributed by atoms with van der Waals surface area (Å²) >= 11 is 1.35. The van der Waals surface area contributed by atoms with Crippen molar-refractivity contribution in [2.45, 2.75) is 137 Å². The van der Waals surface area contributed by atoms with Crippen LogP contribution in [-0.4, -0.2) is 115 Å². The quantitative estimate of drug-likeness (QED) is 0.0789. The minimum atomic E-state index is -0.927. The molecule has 1 fully saturated rings. The van der Waals surface area contributed by atoms with E-state index in [-0.39, 0.29) is 53.8 Å². The zero-order chi connectivity index (χ0) is 42.8. The highest BCUT2D eigenvalue weighted by atomic mass is 32.1. The van der Waals surface area contributed by atoms with Gasteiger partial charge in [0.05, 0.1) is 12.0 Å². The number of ether oxygens (including phenoxy) is 2. The number of carboxylic acid groups (broad SMARTS) is 1. The topological polar surface area (TPSA) is 162 Å². The number of hydrogen-bond donors (Lipinski definition) is 4. The number of piperidine rings is 1. The second kappa shape index (κ2) is 25.1. The molecule has 0 unspecified atom stereocenters. The molecule has 1 aliphatic heterocycles. The first kappa shape index (κ1) is 48.8. The molecule has 0 spiro atoms. The van der Waals surface area contributed by atoms with Gasteiger partial charge >= 0.3 is 5.97 Å². The van der Waals surface area contributed by atoms with E-state index in [1.54, 1.807) is 12.3 Å². The van der Waals surface area contributed by atoms with Crippen LogP contribution < -0.4 is 20.7 Å². The number of aliphatic carboxylic acids is 1. The zero-order valence-electron chi connectivity index (χ0n) is 36.6. The van der Waals surface area contributed by atoms with Gasteiger partial charge in [0, 0.05) is 43.6 Å². The average molecular weight is 829 g/mol. The lowest BCUT2D eigenvalue weighted by Gasteiger charge is -2.40. The van der Waals surface area contributed by atoms with Gasteiger partial charge in [-0.1, -0.05) is 73.4 Å². The van der Waals surface area contributed by atoms with E-state index >= 15 is 0 Å². The maximum Gasteiger partial charge on any atom is 0.306 e. The van der Waals surface area contributed by atoms with Crippen LogP contribution in [0.4, 0.5) is 0 Å². The van der Waals surface area contributed by atoms with Crippen molar-refractivity contribution in [3.05, 3.63) is 45.9 Å². The summed E-state index contributed by atoms with van der Waals surface area (Å²) in [5.74, 6) is -1.40. The molecule has 0 saturated carbocycles. The number of carboxylic acids is 1. The van der Waals surface area contributed by atoms with Crippen molar-refractivity contribution >= 4 is 35.0 Å². The number of likely N-dealkylation sites (tertiary alicyclic amines) is 1. The van der Waals surface area contributed by atoms with E-state index in [0.29, 0.717) is 37.6 Å². The molecule has 1 aromatic heterocycles. The second-order valence-corrected chi connectivity index (χ2v) is 17.2. The Balaban J connectivity index is 1.84. The fourth-order valence-corrected chi connectivity index (χ4v) is 8.33. The van der Waals surface area contributed by atoms with E-state index in [9.17, 15) is 24.3 Å². The summed E-state index contributed by atoms with van der Waals surface area (Å²) < 4.78 is 12.2. The lowest BCUT2D eigenvalue weighted by molar-refractivity contribution is -0.143. The fourth-order valence-electron chi connectivity index (χ4n) is 7.47. The summed E-state index contributed by atoms with van der Waals surface area (Å²) in [5, 5.41) is 21.4. The molecule has 1 saturated heterocycles. The lowest BCUT2D eigenvalue weighted by atomic mass is 9.92. The van der Waals surface area contributed by atoms with E-state index in [1.165, 1.54) is 11.3 Å². The Labute approximate surface area is 351 Å². The second-order valence-electron chi connectivity index (χ2n) is 16.3. The highest BCUT2D eigenvalue weighted by molar-refractivity contribution is 7.09. The van der Waals surface area contributed by atoms with Gasteiger partial charge in [-0.15, -0.1) is 11.3 Å². The van der Waals surface area contributed by atoms with Crippen molar-refractivity contribution in [1.82, 2.24) is 30.7 Å². The summed E-state index contributed by atoms with van der Waals surface area (Å²) in [4.78, 5) is 62.8. The third kappa shape index (κ3) is 14.9. The molecule has 2 aromatic rings. The van der Waals surface area contributed by atoms with E-state index in [0.717, 1.165) is 62.9 Å². The number of amides is 3. The number of nitrogens with zero attached hydrogens (tertiary/aromatic N) is 3. The van der Waals surface area contributed by atoms with Gasteiger partial charge in [-0.3, -0.25) is 24.1 Å². The summed E-state index contributed by atoms with van der Waals surface area (Å²) in [7, 11) is 3.84. The first-order chi connectivity index (χ1) is 27.7. The third-order valence-corrected chi connectivity index (χ3v) is 12.1. The van der Waals surface area contributed by atoms with Crippen molar-refractivity contribution in [3.8, 4) is 5.75 Å². The van der Waals surface area contributed by atoms with Crippen LogP contribution in [0.1, 0.15) is 127 Å². The Morgan fingerprint density at radius 3 is 2.33 bits per heavy atom. The number of carbonyl (C=O) groups is 4. The van der Waals surface area contributed by atoms with Crippen LogP contribution in [0.25, 0.3) is 0 Å². The minimum absolute atomic E-state index is 0.0614. The normalized spacial score (nSPS) is 17.8. The molecule has 13 nitrogen and oxygen atoms in total. The predicted octanol–water partition coefficient (Wildman–Crippen LogP) is 6.33. The first-order valence-corrected chi connectivity index (χ1v) is 22.4. The predicted molar refractivity (Wildman–Crippen MR) is 230 cm³/mol. The molecular weight excluding hydrogens is 757 g/mol. The SMILES string of the molecule is CCCO[C@H](C[C@H](C(C)C)N(CCC)C(=O)[C@@H](NC(=O)[C@H]1CCCCN1C)[C@@H](C)CC)c1nc(C(=O)N[C@@H](Cc2ccc(OCCNC)cc2)C[C@H](C)C(=O)O)cs1. The van der Waals surface area contributed by atoms with Crippen LogP contribution in [0.2, 0.25) is 0 Å². The number of carbonyl (C=O) groups excluding carboxylic acids is 3. The van der Waals surface area contributed by atoms with E-state index in [1.807, 2.05) is 64.0 Å².